The van der Waals surface area contributed by atoms with Crippen LogP contribution in [0.2, 0.25) is 5.15 Å². The number of nitrogens with one attached hydrogen (secondary N) is 1. The van der Waals surface area contributed by atoms with Gasteiger partial charge >= 0.3 is 0 Å². The third-order valence-corrected chi connectivity index (χ3v) is 4.18. The molecule has 3 N–H and O–H groups in total. The number of primary amides is 1. The maximum absolute atomic E-state index is 12.5. The van der Waals surface area contributed by atoms with Crippen molar-refractivity contribution in [1.82, 2.24) is 19.7 Å². The van der Waals surface area contributed by atoms with Gasteiger partial charge in [0, 0.05) is 12.4 Å². The molecule has 0 fully saturated rings. The molecule has 0 aliphatic rings. The highest BCUT2D eigenvalue weighted by Crippen LogP contribution is 2.18. The number of anilines is 1. The molecule has 3 aromatic rings. The van der Waals surface area contributed by atoms with Crippen molar-refractivity contribution in [2.24, 2.45) is 5.73 Å². The summed E-state index contributed by atoms with van der Waals surface area (Å²) >= 11 is 5.78. The lowest BCUT2D eigenvalue weighted by Gasteiger charge is -2.17. The van der Waals surface area contributed by atoms with E-state index in [1.165, 1.54) is 16.6 Å². The third kappa shape index (κ3) is 4.26. The van der Waals surface area contributed by atoms with Crippen LogP contribution in [0.5, 0.6) is 0 Å². The van der Waals surface area contributed by atoms with Crippen molar-refractivity contribution >= 4 is 46.0 Å². The summed E-state index contributed by atoms with van der Waals surface area (Å²) in [5.41, 5.74) is 6.05. The Bertz CT molecular complexity index is 1060. The number of nitrogens with two attached hydrogens (primary N) is 1. The van der Waals surface area contributed by atoms with Gasteiger partial charge in [0.05, 0.1) is 12.1 Å². The maximum Gasteiger partial charge on any atom is 0.269 e. The SMILES string of the molecule is CN(CC(=O)Nc1cccc(Cl)n1)C(=O)Cn1nc(C(N)=O)c2ccccc21. The number of aromatic nitrogens is 3. The average Bonchev–Trinajstić information content (AvgIpc) is 3.00. The Kier molecular flexibility index (Phi) is 5.55. The number of carbonyl (C=O) groups excluding carboxylic acids is 3. The molecule has 0 radical (unpaired) electrons. The predicted molar refractivity (Wildman–Crippen MR) is 104 cm³/mol. The minimum Gasteiger partial charge on any atom is -0.364 e. The van der Waals surface area contributed by atoms with Gasteiger partial charge in [-0.1, -0.05) is 35.9 Å². The van der Waals surface area contributed by atoms with E-state index >= 15 is 0 Å². The molecule has 28 heavy (non-hydrogen) atoms. The van der Waals surface area contributed by atoms with Crippen molar-refractivity contribution in [3.63, 3.8) is 0 Å². The van der Waals surface area contributed by atoms with E-state index < -0.39 is 11.8 Å². The number of rotatable bonds is 6. The molecule has 1 aromatic carbocycles. The molecular formula is C18H17ClN6O3. The minimum absolute atomic E-state index is 0.0934. The van der Waals surface area contributed by atoms with Gasteiger partial charge in [0.1, 0.15) is 17.5 Å². The fourth-order valence-corrected chi connectivity index (χ4v) is 2.81. The number of carbonyl (C=O) groups is 3. The number of amides is 3. The monoisotopic (exact) mass is 400 g/mol. The molecule has 3 rings (SSSR count). The second-order valence-corrected chi connectivity index (χ2v) is 6.42. The molecule has 0 saturated heterocycles. The molecule has 0 aliphatic heterocycles. The Labute approximate surface area is 165 Å². The Morgan fingerprint density at radius 1 is 1.18 bits per heavy atom. The van der Waals surface area contributed by atoms with Crippen molar-refractivity contribution in [3.05, 3.63) is 53.3 Å². The molecule has 0 aliphatic carbocycles. The first-order valence-corrected chi connectivity index (χ1v) is 8.64. The van der Waals surface area contributed by atoms with Crippen molar-refractivity contribution in [2.45, 2.75) is 6.54 Å². The number of likely N-dealkylation sites (N-methyl/N-ethyl adjacent to an activating group) is 1. The largest absolute Gasteiger partial charge is 0.364 e. The molecule has 3 amide bonds. The highest BCUT2D eigenvalue weighted by atomic mass is 35.5. The summed E-state index contributed by atoms with van der Waals surface area (Å²) < 4.78 is 1.39. The molecule has 0 bridgehead atoms. The topological polar surface area (TPSA) is 123 Å². The maximum atomic E-state index is 12.5. The molecular weight excluding hydrogens is 384 g/mol. The van der Waals surface area contributed by atoms with Gasteiger partial charge in [-0.2, -0.15) is 5.10 Å². The van der Waals surface area contributed by atoms with Gasteiger partial charge in [-0.05, 0) is 18.2 Å². The first-order chi connectivity index (χ1) is 13.3. The number of nitrogens with zero attached hydrogens (tertiary/aromatic N) is 4. The zero-order valence-corrected chi connectivity index (χ0v) is 15.7. The Balaban J connectivity index is 1.68. The van der Waals surface area contributed by atoms with E-state index in [4.69, 9.17) is 17.3 Å². The summed E-state index contributed by atoms with van der Waals surface area (Å²) in [5, 5.41) is 7.52. The van der Waals surface area contributed by atoms with Crippen molar-refractivity contribution in [1.29, 1.82) is 0 Å². The van der Waals surface area contributed by atoms with Gasteiger partial charge in [0.2, 0.25) is 11.8 Å². The van der Waals surface area contributed by atoms with E-state index in [1.807, 2.05) is 0 Å². The summed E-state index contributed by atoms with van der Waals surface area (Å²) in [6.45, 7) is -0.331. The second kappa shape index (κ2) is 8.05. The summed E-state index contributed by atoms with van der Waals surface area (Å²) in [7, 11) is 1.49. The van der Waals surface area contributed by atoms with Crippen LogP contribution in [0.1, 0.15) is 10.5 Å². The van der Waals surface area contributed by atoms with Crippen LogP contribution in [0.3, 0.4) is 0 Å². The summed E-state index contributed by atoms with van der Waals surface area (Å²) in [6.07, 6.45) is 0. The van der Waals surface area contributed by atoms with Crippen molar-refractivity contribution in [3.8, 4) is 0 Å². The summed E-state index contributed by atoms with van der Waals surface area (Å²) in [4.78, 5) is 41.4. The average molecular weight is 401 g/mol. The van der Waals surface area contributed by atoms with Crippen LogP contribution in [-0.4, -0.2) is 51.0 Å². The number of hydrogen-bond donors (Lipinski definition) is 2. The number of pyridine rings is 1. The number of para-hydroxylation sites is 1. The molecule has 144 valence electrons. The second-order valence-electron chi connectivity index (χ2n) is 6.03. The van der Waals surface area contributed by atoms with E-state index in [2.05, 4.69) is 15.4 Å². The summed E-state index contributed by atoms with van der Waals surface area (Å²) in [5.74, 6) is -1.17. The number of halogens is 1. The van der Waals surface area contributed by atoms with Crippen molar-refractivity contribution < 1.29 is 14.4 Å². The highest BCUT2D eigenvalue weighted by Gasteiger charge is 2.19. The molecule has 9 nitrogen and oxygen atoms in total. The van der Waals surface area contributed by atoms with Crippen LogP contribution in [-0.2, 0) is 16.1 Å². The van der Waals surface area contributed by atoms with Crippen LogP contribution in [0.15, 0.2) is 42.5 Å². The van der Waals surface area contributed by atoms with E-state index in [0.717, 1.165) is 0 Å². The Morgan fingerprint density at radius 3 is 2.64 bits per heavy atom. The zero-order valence-electron chi connectivity index (χ0n) is 14.9. The van der Waals surface area contributed by atoms with Crippen LogP contribution < -0.4 is 11.1 Å². The Morgan fingerprint density at radius 2 is 1.93 bits per heavy atom. The van der Waals surface area contributed by atoms with Crippen LogP contribution in [0, 0.1) is 0 Å². The molecule has 2 heterocycles. The van der Waals surface area contributed by atoms with Gasteiger partial charge in [-0.15, -0.1) is 0 Å². The molecule has 0 unspecified atom stereocenters. The lowest BCUT2D eigenvalue weighted by molar-refractivity contribution is -0.133. The normalized spacial score (nSPS) is 10.6. The van der Waals surface area contributed by atoms with E-state index in [0.29, 0.717) is 16.7 Å². The molecule has 2 aromatic heterocycles. The predicted octanol–water partition coefficient (Wildman–Crippen LogP) is 1.28. The first kappa shape index (κ1) is 19.3. The van der Waals surface area contributed by atoms with Crippen LogP contribution in [0.4, 0.5) is 5.82 Å². The first-order valence-electron chi connectivity index (χ1n) is 8.27. The molecule has 0 atom stereocenters. The van der Waals surface area contributed by atoms with E-state index in [-0.39, 0.29) is 29.8 Å². The van der Waals surface area contributed by atoms with Gasteiger partial charge in [-0.3, -0.25) is 19.1 Å². The van der Waals surface area contributed by atoms with Gasteiger partial charge < -0.3 is 16.0 Å². The fourth-order valence-electron chi connectivity index (χ4n) is 2.64. The van der Waals surface area contributed by atoms with Crippen LogP contribution >= 0.6 is 11.6 Å². The van der Waals surface area contributed by atoms with Gasteiger partial charge in [-0.25, -0.2) is 4.98 Å². The molecule has 0 saturated carbocycles. The molecule has 0 spiro atoms. The van der Waals surface area contributed by atoms with Gasteiger partial charge in [0.15, 0.2) is 5.69 Å². The van der Waals surface area contributed by atoms with Crippen molar-refractivity contribution in [2.75, 3.05) is 18.9 Å². The van der Waals surface area contributed by atoms with E-state index in [1.54, 1.807) is 42.5 Å². The lowest BCUT2D eigenvalue weighted by Crippen LogP contribution is -2.37. The quantitative estimate of drug-likeness (QED) is 0.603. The smallest absolute Gasteiger partial charge is 0.269 e. The number of hydrogen-bond acceptors (Lipinski definition) is 5. The third-order valence-electron chi connectivity index (χ3n) is 3.97. The van der Waals surface area contributed by atoms with Gasteiger partial charge in [0.25, 0.3) is 5.91 Å². The fraction of sp³-hybridized carbons (Fsp3) is 0.167. The summed E-state index contributed by atoms with van der Waals surface area (Å²) in [6, 6.07) is 11.8. The van der Waals surface area contributed by atoms with E-state index in [9.17, 15) is 14.4 Å². The number of fused-ring (bicyclic) bond motifs is 1. The lowest BCUT2D eigenvalue weighted by atomic mass is 10.2. The zero-order chi connectivity index (χ0) is 20.3. The van der Waals surface area contributed by atoms with Crippen LogP contribution in [0.25, 0.3) is 10.9 Å². The highest BCUT2D eigenvalue weighted by molar-refractivity contribution is 6.29. The number of benzene rings is 1. The molecule has 10 heteroatoms. The Hall–Kier alpha value is -3.46. The minimum atomic E-state index is -0.677. The standard InChI is InChI=1S/C18H17ClN6O3/c1-24(9-15(26)22-14-8-4-7-13(19)21-14)16(27)10-25-12-6-3-2-5-11(12)17(23-25)18(20)28/h2-8H,9-10H2,1H3,(H2,20,28)(H,21,22,26).